The summed E-state index contributed by atoms with van der Waals surface area (Å²) in [6.45, 7) is 4.16. The highest BCUT2D eigenvalue weighted by molar-refractivity contribution is 5.79. The molecule has 1 aromatic carbocycles. The summed E-state index contributed by atoms with van der Waals surface area (Å²) in [5.41, 5.74) is 1.10. The first-order chi connectivity index (χ1) is 8.22. The summed E-state index contributed by atoms with van der Waals surface area (Å²) in [5.74, 6) is 0.319. The minimum absolute atomic E-state index is 0.0478. The molecule has 1 aliphatic heterocycles. The van der Waals surface area contributed by atoms with E-state index in [0.29, 0.717) is 5.92 Å². The summed E-state index contributed by atoms with van der Waals surface area (Å²) >= 11 is 0. The molecule has 0 aromatic heterocycles. The van der Waals surface area contributed by atoms with E-state index in [1.807, 2.05) is 37.3 Å². The molecule has 0 radical (unpaired) electrons. The van der Waals surface area contributed by atoms with Crippen LogP contribution in [0.4, 0.5) is 0 Å². The first-order valence-electron chi connectivity index (χ1n) is 6.47. The van der Waals surface area contributed by atoms with Crippen LogP contribution in [0, 0.1) is 5.92 Å². The van der Waals surface area contributed by atoms with Crippen LogP contribution in [0.25, 0.3) is 0 Å². The maximum atomic E-state index is 12.1. The Hall–Kier alpha value is -1.31. The summed E-state index contributed by atoms with van der Waals surface area (Å²) in [7, 11) is 0. The Bertz CT molecular complexity index is 372. The van der Waals surface area contributed by atoms with Gasteiger partial charge < -0.3 is 4.74 Å². The molecule has 3 atom stereocenters. The first-order valence-corrected chi connectivity index (χ1v) is 6.47. The molecule has 0 amide bonds. The number of esters is 1. The Morgan fingerprint density at radius 2 is 2.00 bits per heavy atom. The van der Waals surface area contributed by atoms with Crippen molar-refractivity contribution in [2.24, 2.45) is 5.92 Å². The Morgan fingerprint density at radius 3 is 2.65 bits per heavy atom. The van der Waals surface area contributed by atoms with Gasteiger partial charge in [0.15, 0.2) is 0 Å². The standard InChI is InChI=1S/C15H20O2/c1-3-7-13-10-11(2)17-15(16)14(13)12-8-5-4-6-9-12/h4-6,8-9,11,13-14H,3,7,10H2,1-2H3/t11-,13-,14+/m0/s1. The van der Waals surface area contributed by atoms with Gasteiger partial charge in [-0.1, -0.05) is 43.7 Å². The van der Waals surface area contributed by atoms with E-state index in [0.717, 1.165) is 24.8 Å². The van der Waals surface area contributed by atoms with Crippen molar-refractivity contribution in [1.82, 2.24) is 0 Å². The van der Waals surface area contributed by atoms with Crippen LogP contribution in [0.5, 0.6) is 0 Å². The second-order valence-corrected chi connectivity index (χ2v) is 4.92. The Morgan fingerprint density at radius 1 is 1.29 bits per heavy atom. The van der Waals surface area contributed by atoms with Crippen molar-refractivity contribution in [1.29, 1.82) is 0 Å². The van der Waals surface area contributed by atoms with E-state index in [9.17, 15) is 4.79 Å². The lowest BCUT2D eigenvalue weighted by Crippen LogP contribution is -2.35. The first kappa shape index (κ1) is 12.2. The fraction of sp³-hybridized carbons (Fsp3) is 0.533. The molecule has 2 heteroatoms. The fourth-order valence-corrected chi connectivity index (χ4v) is 2.80. The van der Waals surface area contributed by atoms with Crippen LogP contribution in [0.15, 0.2) is 30.3 Å². The third-order valence-electron chi connectivity index (χ3n) is 3.50. The van der Waals surface area contributed by atoms with Crippen molar-refractivity contribution in [3.8, 4) is 0 Å². The summed E-state index contributed by atoms with van der Waals surface area (Å²) < 4.78 is 5.39. The van der Waals surface area contributed by atoms with Gasteiger partial charge in [0.05, 0.1) is 12.0 Å². The predicted molar refractivity (Wildman–Crippen MR) is 67.8 cm³/mol. The third kappa shape index (κ3) is 2.68. The van der Waals surface area contributed by atoms with Gasteiger partial charge in [0.25, 0.3) is 0 Å². The SMILES string of the molecule is CCC[C@H]1C[C@H](C)OC(=O)[C@@H]1c1ccccc1. The van der Waals surface area contributed by atoms with E-state index >= 15 is 0 Å². The highest BCUT2D eigenvalue weighted by Gasteiger charge is 2.37. The monoisotopic (exact) mass is 232 g/mol. The number of hydrogen-bond acceptors (Lipinski definition) is 2. The van der Waals surface area contributed by atoms with Crippen molar-refractivity contribution >= 4 is 5.97 Å². The van der Waals surface area contributed by atoms with E-state index in [1.165, 1.54) is 0 Å². The molecule has 0 aliphatic carbocycles. The minimum Gasteiger partial charge on any atom is -0.462 e. The molecule has 0 spiro atoms. The van der Waals surface area contributed by atoms with Gasteiger partial charge in [0.1, 0.15) is 0 Å². The lowest BCUT2D eigenvalue weighted by Gasteiger charge is -2.34. The van der Waals surface area contributed by atoms with Crippen LogP contribution in [-0.4, -0.2) is 12.1 Å². The number of ether oxygens (including phenoxy) is 1. The fourth-order valence-electron chi connectivity index (χ4n) is 2.80. The zero-order chi connectivity index (χ0) is 12.3. The molecular formula is C15H20O2. The maximum absolute atomic E-state index is 12.1. The lowest BCUT2D eigenvalue weighted by atomic mass is 9.78. The summed E-state index contributed by atoms with van der Waals surface area (Å²) in [5, 5.41) is 0. The minimum atomic E-state index is -0.0626. The lowest BCUT2D eigenvalue weighted by molar-refractivity contribution is -0.158. The zero-order valence-corrected chi connectivity index (χ0v) is 10.6. The van der Waals surface area contributed by atoms with Gasteiger partial charge in [-0.2, -0.15) is 0 Å². The van der Waals surface area contributed by atoms with Crippen molar-refractivity contribution in [2.45, 2.75) is 45.1 Å². The number of carbonyl (C=O) groups is 1. The quantitative estimate of drug-likeness (QED) is 0.745. The van der Waals surface area contributed by atoms with E-state index in [1.54, 1.807) is 0 Å². The molecule has 17 heavy (non-hydrogen) atoms. The number of cyclic esters (lactones) is 1. The third-order valence-corrected chi connectivity index (χ3v) is 3.50. The summed E-state index contributed by atoms with van der Waals surface area (Å²) in [6.07, 6.45) is 3.27. The van der Waals surface area contributed by atoms with Crippen molar-refractivity contribution in [3.63, 3.8) is 0 Å². The van der Waals surface area contributed by atoms with Gasteiger partial charge in [-0.3, -0.25) is 4.79 Å². The normalized spacial score (nSPS) is 28.8. The second kappa shape index (κ2) is 5.35. The summed E-state index contributed by atoms with van der Waals surface area (Å²) in [6, 6.07) is 10.0. The highest BCUT2D eigenvalue weighted by atomic mass is 16.5. The molecule has 2 nitrogen and oxygen atoms in total. The molecule has 1 fully saturated rings. The topological polar surface area (TPSA) is 26.3 Å². The molecule has 1 aromatic rings. The van der Waals surface area contributed by atoms with Gasteiger partial charge in [-0.15, -0.1) is 0 Å². The van der Waals surface area contributed by atoms with Gasteiger partial charge >= 0.3 is 5.97 Å². The molecule has 0 bridgehead atoms. The molecule has 0 saturated carbocycles. The van der Waals surface area contributed by atoms with Crippen molar-refractivity contribution in [3.05, 3.63) is 35.9 Å². The molecule has 1 aliphatic rings. The van der Waals surface area contributed by atoms with Crippen molar-refractivity contribution in [2.75, 3.05) is 0 Å². The molecule has 1 saturated heterocycles. The van der Waals surface area contributed by atoms with Crippen LogP contribution >= 0.6 is 0 Å². The predicted octanol–water partition coefficient (Wildman–Crippen LogP) is 3.52. The molecule has 92 valence electrons. The number of hydrogen-bond donors (Lipinski definition) is 0. The Kier molecular flexibility index (Phi) is 3.82. The Labute approximate surface area is 103 Å². The zero-order valence-electron chi connectivity index (χ0n) is 10.6. The second-order valence-electron chi connectivity index (χ2n) is 4.92. The highest BCUT2D eigenvalue weighted by Crippen LogP contribution is 2.37. The van der Waals surface area contributed by atoms with Gasteiger partial charge in [-0.25, -0.2) is 0 Å². The van der Waals surface area contributed by atoms with Crippen LogP contribution in [-0.2, 0) is 9.53 Å². The van der Waals surface area contributed by atoms with Crippen LogP contribution in [0.2, 0.25) is 0 Å². The average molecular weight is 232 g/mol. The smallest absolute Gasteiger partial charge is 0.313 e. The largest absolute Gasteiger partial charge is 0.462 e. The van der Waals surface area contributed by atoms with E-state index in [-0.39, 0.29) is 18.0 Å². The van der Waals surface area contributed by atoms with Gasteiger partial charge in [0.2, 0.25) is 0 Å². The van der Waals surface area contributed by atoms with E-state index in [2.05, 4.69) is 6.92 Å². The maximum Gasteiger partial charge on any atom is 0.313 e. The van der Waals surface area contributed by atoms with Gasteiger partial charge in [0, 0.05) is 0 Å². The van der Waals surface area contributed by atoms with Crippen LogP contribution in [0.1, 0.15) is 44.6 Å². The average Bonchev–Trinajstić information content (AvgIpc) is 2.30. The summed E-state index contributed by atoms with van der Waals surface area (Å²) in [4.78, 5) is 12.1. The molecule has 1 heterocycles. The molecule has 2 rings (SSSR count). The molecule has 0 unspecified atom stereocenters. The van der Waals surface area contributed by atoms with Crippen LogP contribution < -0.4 is 0 Å². The van der Waals surface area contributed by atoms with Crippen molar-refractivity contribution < 1.29 is 9.53 Å². The Balaban J connectivity index is 2.24. The number of carbonyl (C=O) groups excluding carboxylic acids is 1. The molecule has 0 N–H and O–H groups in total. The van der Waals surface area contributed by atoms with Gasteiger partial charge in [-0.05, 0) is 31.2 Å². The van der Waals surface area contributed by atoms with E-state index < -0.39 is 0 Å². The number of benzene rings is 1. The van der Waals surface area contributed by atoms with E-state index in [4.69, 9.17) is 4.74 Å². The number of rotatable bonds is 3. The molecular weight excluding hydrogens is 212 g/mol. The van der Waals surface area contributed by atoms with Crippen LogP contribution in [0.3, 0.4) is 0 Å².